The first-order valence-corrected chi connectivity index (χ1v) is 17.0. The SMILES string of the molecule is CCOC(=O)c1ccc(N2C(=O)C3Sc4c(sc(=O)n4CC(=O)Nc4ccc5ccccc5c4)[C@H](c4ccccc4OC)C3C2=O)cc1. The lowest BCUT2D eigenvalue weighted by Gasteiger charge is -2.31. The minimum absolute atomic E-state index is 0.217. The Kier molecular flexibility index (Phi) is 8.36. The third-order valence-electron chi connectivity index (χ3n) is 8.49. The van der Waals surface area contributed by atoms with Crippen LogP contribution in [0.3, 0.4) is 0 Å². The Bertz CT molecular complexity index is 2160. The molecule has 0 saturated carbocycles. The van der Waals surface area contributed by atoms with Crippen LogP contribution in [0.25, 0.3) is 10.8 Å². The van der Waals surface area contributed by atoms with E-state index in [0.717, 1.165) is 38.8 Å². The standard InChI is InChI=1S/C36H29N3O7S2/c1-3-46-35(43)21-13-16-24(17-14-21)39-32(41)29-28(25-10-6-7-11-26(25)45-2)31-34(47-30(29)33(39)42)38(36(44)48-31)19-27(40)37-23-15-12-20-8-4-5-9-22(20)18-23/h4-18,28-30H,3,19H2,1-2H3,(H,37,40)/t28-,29?,30?/m1/s1. The van der Waals surface area contributed by atoms with Crippen LogP contribution in [0, 0.1) is 5.92 Å². The van der Waals surface area contributed by atoms with Crippen molar-refractivity contribution in [2.24, 2.45) is 5.92 Å². The first kappa shape index (κ1) is 31.4. The van der Waals surface area contributed by atoms with Gasteiger partial charge in [0.2, 0.25) is 17.7 Å². The molecule has 3 amide bonds. The van der Waals surface area contributed by atoms with Gasteiger partial charge >= 0.3 is 10.8 Å². The molecular formula is C36H29N3O7S2. The van der Waals surface area contributed by atoms with Crippen molar-refractivity contribution in [2.45, 2.75) is 29.7 Å². The zero-order chi connectivity index (χ0) is 33.5. The Morgan fingerprint density at radius 1 is 0.875 bits per heavy atom. The van der Waals surface area contributed by atoms with Gasteiger partial charge in [-0.15, -0.1) is 0 Å². The van der Waals surface area contributed by atoms with Crippen molar-refractivity contribution in [1.82, 2.24) is 4.57 Å². The second-order valence-corrected chi connectivity index (χ2v) is 13.4. The van der Waals surface area contributed by atoms with Crippen LogP contribution in [-0.4, -0.2) is 47.2 Å². The molecule has 2 aliphatic rings. The topological polar surface area (TPSA) is 124 Å². The smallest absolute Gasteiger partial charge is 0.338 e. The second-order valence-electron chi connectivity index (χ2n) is 11.3. The number of methoxy groups -OCH3 is 1. The van der Waals surface area contributed by atoms with Crippen LogP contribution >= 0.6 is 23.1 Å². The maximum Gasteiger partial charge on any atom is 0.338 e. The number of fused-ring (bicyclic) bond motifs is 3. The van der Waals surface area contributed by atoms with Crippen molar-refractivity contribution in [3.63, 3.8) is 0 Å². The van der Waals surface area contributed by atoms with Gasteiger partial charge in [-0.2, -0.15) is 0 Å². The lowest BCUT2D eigenvalue weighted by atomic mass is 9.82. The summed E-state index contributed by atoms with van der Waals surface area (Å²) in [5.74, 6) is -2.81. The number of imide groups is 1. The number of aromatic nitrogens is 1. The van der Waals surface area contributed by atoms with Gasteiger partial charge in [0.05, 0.1) is 35.9 Å². The van der Waals surface area contributed by atoms with Gasteiger partial charge in [-0.1, -0.05) is 71.6 Å². The quantitative estimate of drug-likeness (QED) is 0.164. The summed E-state index contributed by atoms with van der Waals surface area (Å²) in [5, 5.41) is 4.48. The Balaban J connectivity index is 1.25. The number of hydrogen-bond acceptors (Lipinski definition) is 9. The first-order chi connectivity index (χ1) is 23.3. The Morgan fingerprint density at radius 2 is 1.60 bits per heavy atom. The molecule has 0 bridgehead atoms. The van der Waals surface area contributed by atoms with E-state index in [4.69, 9.17) is 9.47 Å². The molecule has 0 aliphatic carbocycles. The molecule has 3 heterocycles. The molecule has 0 radical (unpaired) electrons. The maximum atomic E-state index is 14.2. The van der Waals surface area contributed by atoms with Crippen LogP contribution in [-0.2, 0) is 25.7 Å². The van der Waals surface area contributed by atoms with Crippen molar-refractivity contribution >= 4 is 68.9 Å². The number of anilines is 2. The molecule has 5 aromatic rings. The monoisotopic (exact) mass is 679 g/mol. The molecule has 1 N–H and O–H groups in total. The van der Waals surface area contributed by atoms with E-state index < -0.39 is 40.8 Å². The molecule has 242 valence electrons. The average Bonchev–Trinajstić information content (AvgIpc) is 3.54. The van der Waals surface area contributed by atoms with Gasteiger partial charge in [-0.3, -0.25) is 23.7 Å². The van der Waals surface area contributed by atoms with Crippen LogP contribution in [0.2, 0.25) is 0 Å². The van der Waals surface area contributed by atoms with E-state index >= 15 is 0 Å². The Hall–Kier alpha value is -5.20. The highest BCUT2D eigenvalue weighted by molar-refractivity contribution is 8.00. The molecule has 1 fully saturated rings. The van der Waals surface area contributed by atoms with Gasteiger partial charge in [-0.05, 0) is 60.2 Å². The van der Waals surface area contributed by atoms with Crippen LogP contribution in [0.5, 0.6) is 5.75 Å². The molecule has 12 heteroatoms. The number of benzene rings is 4. The number of amides is 3. The summed E-state index contributed by atoms with van der Waals surface area (Å²) in [6.07, 6.45) is 0. The number of nitrogens with one attached hydrogen (secondary N) is 1. The van der Waals surface area contributed by atoms with Crippen molar-refractivity contribution in [1.29, 1.82) is 0 Å². The minimum Gasteiger partial charge on any atom is -0.496 e. The van der Waals surface area contributed by atoms with Gasteiger partial charge in [0.1, 0.15) is 17.5 Å². The number of rotatable bonds is 8. The maximum absolute atomic E-state index is 14.2. The summed E-state index contributed by atoms with van der Waals surface area (Å²) < 4.78 is 12.1. The molecule has 10 nitrogen and oxygen atoms in total. The molecule has 1 aromatic heterocycles. The van der Waals surface area contributed by atoms with E-state index in [9.17, 15) is 24.0 Å². The van der Waals surface area contributed by atoms with E-state index in [1.54, 1.807) is 31.2 Å². The van der Waals surface area contributed by atoms with Gasteiger partial charge < -0.3 is 14.8 Å². The van der Waals surface area contributed by atoms with E-state index in [1.807, 2.05) is 54.6 Å². The molecular weight excluding hydrogens is 651 g/mol. The number of esters is 1. The Labute approximate surface area is 283 Å². The summed E-state index contributed by atoms with van der Waals surface area (Å²) >= 11 is 2.09. The molecule has 4 aromatic carbocycles. The first-order valence-electron chi connectivity index (χ1n) is 15.3. The number of carbonyl (C=O) groups excluding carboxylic acids is 4. The normalized spacial score (nSPS) is 18.4. The fraction of sp³-hybridized carbons (Fsp3) is 0.194. The summed E-state index contributed by atoms with van der Waals surface area (Å²) in [6.45, 7) is 1.65. The summed E-state index contributed by atoms with van der Waals surface area (Å²) in [4.78, 5) is 68.8. The van der Waals surface area contributed by atoms with Gasteiger partial charge in [-0.25, -0.2) is 9.69 Å². The number of carbonyl (C=O) groups is 4. The fourth-order valence-electron chi connectivity index (χ4n) is 6.34. The molecule has 3 atom stereocenters. The number of thiazole rings is 1. The van der Waals surface area contributed by atoms with Gasteiger partial charge in [0.15, 0.2) is 0 Å². The number of ether oxygens (including phenoxy) is 2. The molecule has 2 unspecified atom stereocenters. The van der Waals surface area contributed by atoms with Crippen LogP contribution < -0.4 is 19.8 Å². The predicted molar refractivity (Wildman–Crippen MR) is 184 cm³/mol. The highest BCUT2D eigenvalue weighted by Gasteiger charge is 2.57. The molecule has 0 spiro atoms. The van der Waals surface area contributed by atoms with Crippen LogP contribution in [0.4, 0.5) is 11.4 Å². The number of thioether (sulfide) groups is 1. The number of nitrogens with zero attached hydrogens (tertiary/aromatic N) is 2. The van der Waals surface area contributed by atoms with Crippen LogP contribution in [0.1, 0.15) is 33.6 Å². The van der Waals surface area contributed by atoms with E-state index in [2.05, 4.69) is 5.32 Å². The largest absolute Gasteiger partial charge is 0.496 e. The zero-order valence-electron chi connectivity index (χ0n) is 25.9. The molecule has 48 heavy (non-hydrogen) atoms. The molecule has 7 rings (SSSR count). The van der Waals surface area contributed by atoms with Crippen LogP contribution in [0.15, 0.2) is 101 Å². The lowest BCUT2D eigenvalue weighted by Crippen LogP contribution is -2.33. The summed E-state index contributed by atoms with van der Waals surface area (Å²) in [7, 11) is 1.53. The van der Waals surface area contributed by atoms with Gasteiger partial charge in [0, 0.05) is 22.0 Å². The van der Waals surface area contributed by atoms with Crippen molar-refractivity contribution < 1.29 is 28.7 Å². The van der Waals surface area contributed by atoms with E-state index in [-0.39, 0.29) is 18.0 Å². The average molecular weight is 680 g/mol. The zero-order valence-corrected chi connectivity index (χ0v) is 27.5. The fourth-order valence-corrected chi connectivity index (χ4v) is 9.10. The third kappa shape index (κ3) is 5.46. The van der Waals surface area contributed by atoms with Crippen molar-refractivity contribution in [3.8, 4) is 5.75 Å². The number of para-hydroxylation sites is 1. The molecule has 1 saturated heterocycles. The van der Waals surface area contributed by atoms with E-state index in [1.165, 1.54) is 23.8 Å². The minimum atomic E-state index is -0.881. The summed E-state index contributed by atoms with van der Waals surface area (Å²) in [6, 6.07) is 26.7. The number of hydrogen-bond donors (Lipinski definition) is 1. The van der Waals surface area contributed by atoms with E-state index in [0.29, 0.717) is 38.2 Å². The van der Waals surface area contributed by atoms with Crippen molar-refractivity contribution in [3.05, 3.63) is 117 Å². The highest BCUT2D eigenvalue weighted by atomic mass is 32.2. The van der Waals surface area contributed by atoms with Gasteiger partial charge in [0.25, 0.3) is 0 Å². The lowest BCUT2D eigenvalue weighted by molar-refractivity contribution is -0.122. The van der Waals surface area contributed by atoms with Crippen molar-refractivity contribution in [2.75, 3.05) is 23.9 Å². The third-order valence-corrected chi connectivity index (χ3v) is 11.1. The summed E-state index contributed by atoms with van der Waals surface area (Å²) in [5.41, 5.74) is 1.87. The Morgan fingerprint density at radius 3 is 2.35 bits per heavy atom. The second kappa shape index (κ2) is 12.8. The predicted octanol–water partition coefficient (Wildman–Crippen LogP) is 5.68. The molecule has 2 aliphatic heterocycles. The highest BCUT2D eigenvalue weighted by Crippen LogP contribution is 2.55.